The van der Waals surface area contributed by atoms with E-state index in [0.717, 1.165) is 22.2 Å². The van der Waals surface area contributed by atoms with Crippen LogP contribution in [0.4, 0.5) is 17.6 Å². The molecule has 25 heavy (non-hydrogen) atoms. The van der Waals surface area contributed by atoms with Gasteiger partial charge in [0.25, 0.3) is 0 Å². The fourth-order valence-corrected chi connectivity index (χ4v) is 3.11. The molecule has 7 heteroatoms. The number of alkyl halides is 3. The minimum absolute atomic E-state index is 0.0865. The Morgan fingerprint density at radius 1 is 1.16 bits per heavy atom. The van der Waals surface area contributed by atoms with E-state index >= 15 is 0 Å². The summed E-state index contributed by atoms with van der Waals surface area (Å²) in [6, 6.07) is 10.1. The van der Waals surface area contributed by atoms with Crippen molar-refractivity contribution in [3.63, 3.8) is 0 Å². The Hall–Kier alpha value is -1.89. The van der Waals surface area contributed by atoms with E-state index in [0.29, 0.717) is 12.5 Å². The molecule has 1 fully saturated rings. The van der Waals surface area contributed by atoms with E-state index < -0.39 is 17.6 Å². The highest BCUT2D eigenvalue weighted by Gasteiger charge is 2.44. The van der Waals surface area contributed by atoms with Gasteiger partial charge in [-0.3, -0.25) is 4.79 Å². The van der Waals surface area contributed by atoms with Gasteiger partial charge in [-0.2, -0.15) is 13.2 Å². The van der Waals surface area contributed by atoms with Gasteiger partial charge in [0, 0.05) is 16.9 Å². The van der Waals surface area contributed by atoms with Gasteiger partial charge in [0.15, 0.2) is 0 Å². The predicted molar refractivity (Wildman–Crippen MR) is 88.2 cm³/mol. The van der Waals surface area contributed by atoms with E-state index in [9.17, 15) is 22.4 Å². The predicted octanol–water partition coefficient (Wildman–Crippen LogP) is 5.03. The van der Waals surface area contributed by atoms with Gasteiger partial charge in [-0.25, -0.2) is 4.39 Å². The second-order valence-electron chi connectivity index (χ2n) is 6.02. The summed E-state index contributed by atoms with van der Waals surface area (Å²) < 4.78 is 52.9. The van der Waals surface area contributed by atoms with Crippen LogP contribution in [0.25, 0.3) is 0 Å². The number of halogens is 5. The quantitative estimate of drug-likeness (QED) is 0.697. The second kappa shape index (κ2) is 6.78. The molecule has 0 aliphatic heterocycles. The van der Waals surface area contributed by atoms with Crippen molar-refractivity contribution in [2.45, 2.75) is 25.1 Å². The molecule has 2 unspecified atom stereocenters. The maximum absolute atomic E-state index is 13.1. The van der Waals surface area contributed by atoms with E-state index in [4.69, 9.17) is 0 Å². The van der Waals surface area contributed by atoms with Crippen LogP contribution in [-0.4, -0.2) is 5.91 Å². The van der Waals surface area contributed by atoms with Crippen molar-refractivity contribution < 1.29 is 22.4 Å². The van der Waals surface area contributed by atoms with Crippen molar-refractivity contribution in [2.24, 2.45) is 5.92 Å². The first-order valence-corrected chi connectivity index (χ1v) is 8.44. The van der Waals surface area contributed by atoms with Crippen molar-refractivity contribution in [1.82, 2.24) is 5.32 Å². The minimum Gasteiger partial charge on any atom is -0.352 e. The molecule has 1 aliphatic carbocycles. The second-order valence-corrected chi connectivity index (χ2v) is 6.93. The fraction of sp³-hybridized carbons (Fsp3) is 0.278. The molecule has 3 rings (SSSR count). The molecule has 2 aromatic rings. The number of hydrogen-bond acceptors (Lipinski definition) is 1. The molecule has 2 aromatic carbocycles. The van der Waals surface area contributed by atoms with Crippen LogP contribution >= 0.6 is 15.9 Å². The first-order chi connectivity index (χ1) is 11.8. The first kappa shape index (κ1) is 17.9. The van der Waals surface area contributed by atoms with Gasteiger partial charge in [0.05, 0.1) is 5.56 Å². The highest BCUT2D eigenvalue weighted by atomic mass is 79.9. The molecule has 132 valence electrons. The van der Waals surface area contributed by atoms with Crippen LogP contribution in [-0.2, 0) is 17.5 Å². The largest absolute Gasteiger partial charge is 0.416 e. The zero-order chi connectivity index (χ0) is 18.2. The highest BCUT2D eigenvalue weighted by molar-refractivity contribution is 9.10. The van der Waals surface area contributed by atoms with Gasteiger partial charge in [-0.1, -0.05) is 34.1 Å². The lowest BCUT2D eigenvalue weighted by molar-refractivity contribution is -0.138. The molecular formula is C18H14BrF4NO. The average Bonchev–Trinajstić information content (AvgIpc) is 3.34. The SMILES string of the molecule is O=C(NCc1ccc(F)cc1C(F)(F)F)C1CC1c1ccc(Br)cc1. The van der Waals surface area contributed by atoms with Crippen LogP contribution in [0.2, 0.25) is 0 Å². The Labute approximate surface area is 150 Å². The lowest BCUT2D eigenvalue weighted by atomic mass is 10.1. The lowest BCUT2D eigenvalue weighted by Gasteiger charge is -2.13. The average molecular weight is 416 g/mol. The van der Waals surface area contributed by atoms with Crippen molar-refractivity contribution in [3.05, 3.63) is 69.4 Å². The summed E-state index contributed by atoms with van der Waals surface area (Å²) in [6.07, 6.45) is -4.00. The molecule has 0 aromatic heterocycles. The molecule has 2 atom stereocenters. The number of hydrogen-bond donors (Lipinski definition) is 1. The Bertz CT molecular complexity index is 789. The van der Waals surface area contributed by atoms with Gasteiger partial charge in [0.1, 0.15) is 5.82 Å². The maximum atomic E-state index is 13.1. The molecule has 1 amide bonds. The number of rotatable bonds is 4. The van der Waals surface area contributed by atoms with Gasteiger partial charge in [-0.05, 0) is 47.7 Å². The third-order valence-electron chi connectivity index (χ3n) is 4.26. The topological polar surface area (TPSA) is 29.1 Å². The third kappa shape index (κ3) is 4.21. The molecule has 0 saturated heterocycles. The van der Waals surface area contributed by atoms with E-state index in [2.05, 4.69) is 21.2 Å². The number of nitrogens with one attached hydrogen (secondary N) is 1. The van der Waals surface area contributed by atoms with Gasteiger partial charge < -0.3 is 5.32 Å². The standard InChI is InChI=1S/C18H14BrF4NO/c19-12-4-1-10(2-5-12)14-8-15(14)17(25)24-9-11-3-6-13(20)7-16(11)18(21,22)23/h1-7,14-15H,8-9H2,(H,24,25). The molecule has 2 nitrogen and oxygen atoms in total. The maximum Gasteiger partial charge on any atom is 0.416 e. The van der Waals surface area contributed by atoms with E-state index in [1.807, 2.05) is 24.3 Å². The Balaban J connectivity index is 1.63. The summed E-state index contributed by atoms with van der Waals surface area (Å²) in [5.41, 5.74) is -0.183. The van der Waals surface area contributed by atoms with Crippen molar-refractivity contribution in [1.29, 1.82) is 0 Å². The Kier molecular flexibility index (Phi) is 4.86. The lowest BCUT2D eigenvalue weighted by Crippen LogP contribution is -2.26. The summed E-state index contributed by atoms with van der Waals surface area (Å²) >= 11 is 3.34. The summed E-state index contributed by atoms with van der Waals surface area (Å²) in [5, 5.41) is 2.53. The zero-order valence-corrected chi connectivity index (χ0v) is 14.5. The third-order valence-corrected chi connectivity index (χ3v) is 4.78. The van der Waals surface area contributed by atoms with Crippen LogP contribution in [0.3, 0.4) is 0 Å². The van der Waals surface area contributed by atoms with Gasteiger partial charge in [0.2, 0.25) is 5.91 Å². The van der Waals surface area contributed by atoms with E-state index in [-0.39, 0.29) is 29.9 Å². The van der Waals surface area contributed by atoms with Crippen LogP contribution < -0.4 is 5.32 Å². The summed E-state index contributed by atoms with van der Waals surface area (Å²) in [4.78, 5) is 12.2. The summed E-state index contributed by atoms with van der Waals surface area (Å²) in [7, 11) is 0. The molecule has 0 bridgehead atoms. The Morgan fingerprint density at radius 3 is 2.48 bits per heavy atom. The van der Waals surface area contributed by atoms with Crippen LogP contribution in [0.5, 0.6) is 0 Å². The molecule has 1 saturated carbocycles. The first-order valence-electron chi connectivity index (χ1n) is 7.64. The molecular weight excluding hydrogens is 402 g/mol. The number of benzene rings is 2. The number of carbonyl (C=O) groups excluding carboxylic acids is 1. The monoisotopic (exact) mass is 415 g/mol. The van der Waals surface area contributed by atoms with Crippen LogP contribution in [0.1, 0.15) is 29.0 Å². The number of carbonyl (C=O) groups is 1. The van der Waals surface area contributed by atoms with Crippen LogP contribution in [0.15, 0.2) is 46.9 Å². The normalized spacial score (nSPS) is 19.6. The molecule has 1 N–H and O–H groups in total. The molecule has 0 spiro atoms. The fourth-order valence-electron chi connectivity index (χ4n) is 2.84. The number of amides is 1. The highest BCUT2D eigenvalue weighted by Crippen LogP contribution is 2.47. The minimum atomic E-state index is -4.66. The van der Waals surface area contributed by atoms with Crippen molar-refractivity contribution in [3.8, 4) is 0 Å². The summed E-state index contributed by atoms with van der Waals surface area (Å²) in [6.45, 7) is -0.280. The van der Waals surface area contributed by atoms with Crippen molar-refractivity contribution >= 4 is 21.8 Å². The van der Waals surface area contributed by atoms with Crippen molar-refractivity contribution in [2.75, 3.05) is 0 Å². The smallest absolute Gasteiger partial charge is 0.352 e. The molecule has 0 radical (unpaired) electrons. The summed E-state index contributed by atoms with van der Waals surface area (Å²) in [5.74, 6) is -1.40. The molecule has 0 heterocycles. The Morgan fingerprint density at radius 2 is 1.84 bits per heavy atom. The van der Waals surface area contributed by atoms with Gasteiger partial charge >= 0.3 is 6.18 Å². The zero-order valence-electron chi connectivity index (χ0n) is 12.9. The van der Waals surface area contributed by atoms with E-state index in [1.54, 1.807) is 0 Å². The van der Waals surface area contributed by atoms with E-state index in [1.165, 1.54) is 0 Å². The van der Waals surface area contributed by atoms with Crippen LogP contribution in [0, 0.1) is 11.7 Å². The van der Waals surface area contributed by atoms with Gasteiger partial charge in [-0.15, -0.1) is 0 Å². The molecule has 1 aliphatic rings.